The van der Waals surface area contributed by atoms with Gasteiger partial charge in [0, 0.05) is 34.3 Å². The third-order valence-corrected chi connectivity index (χ3v) is 14.1. The standard InChI is InChI=1S/C36H36N12O22S6/c49-13-11-47(12-14-50)35-43-31(41-33(44-35)40-26-10-8-24(73(55,56)57)18-30(26)76(64,65)66)37-21-5-3-19(27(15-21)72-70-68-54)1-2-20-4-6-22(16-28(20)74(58,59)60)38-32-42-34(46-36(45-32)48(51)52)39-25-9-7-23(71-69-67-53)17-29(25)75(61,62)63/h1-10,15-18,49-54H,11-14H2,(H,55,56,57)(H,58,59,60)(H,61,62,63)(H,64,65,66)(H2,37,40,41,43,44)(H2,38,39,42,45,46)/b2-1+. The zero-order chi connectivity index (χ0) is 55.6. The SMILES string of the molecule is O=S(=O)(O)c1ccc(Nc2nc(Nc3ccc(/C=C/c4ccc(Nc5nc(Nc6ccc(SOOO)cc6S(=O)(=O)O)nc(N(O)O)n5)cc4S(=O)(=O)O)c(SOOO)c3)nc(N(CCO)CCO)n2)c(S(=O)(=O)O)c1. The Morgan fingerprint density at radius 2 is 0.987 bits per heavy atom. The van der Waals surface area contributed by atoms with E-state index in [0.717, 1.165) is 30.3 Å². The first-order valence-corrected chi connectivity index (χ1v) is 27.2. The molecule has 0 spiro atoms. The number of rotatable bonds is 26. The van der Waals surface area contributed by atoms with Crippen LogP contribution in [0.25, 0.3) is 12.2 Å². The molecule has 4 aromatic carbocycles. The topological polar surface area (TPSA) is 508 Å². The second kappa shape index (κ2) is 25.0. The Bertz CT molecular complexity index is 3580. The number of hydrogen-bond donors (Lipinski definition) is 14. The fraction of sp³-hybridized carbons (Fsp3) is 0.111. The highest BCUT2D eigenvalue weighted by molar-refractivity contribution is 7.95. The van der Waals surface area contributed by atoms with Gasteiger partial charge >= 0.3 is 0 Å². The number of nitrogens with one attached hydrogen (secondary N) is 4. The molecule has 34 nitrogen and oxygen atoms in total. The molecule has 0 aliphatic carbocycles. The fourth-order valence-electron chi connectivity index (χ4n) is 6.17. The van der Waals surface area contributed by atoms with Gasteiger partial charge in [-0.05, 0) is 71.8 Å². The number of aliphatic hydroxyl groups is 2. The van der Waals surface area contributed by atoms with Crippen molar-refractivity contribution in [2.75, 3.05) is 57.7 Å². The third-order valence-electron chi connectivity index (χ3n) is 9.28. The van der Waals surface area contributed by atoms with Gasteiger partial charge < -0.3 is 36.4 Å². The van der Waals surface area contributed by atoms with E-state index < -0.39 is 108 Å². The highest BCUT2D eigenvalue weighted by Crippen LogP contribution is 2.34. The van der Waals surface area contributed by atoms with Gasteiger partial charge in [0.1, 0.15) is 14.7 Å². The molecule has 408 valence electrons. The molecule has 0 bridgehead atoms. The van der Waals surface area contributed by atoms with Gasteiger partial charge in [-0.25, -0.2) is 10.5 Å². The van der Waals surface area contributed by atoms with Crippen LogP contribution < -0.4 is 31.4 Å². The molecule has 2 heterocycles. The average Bonchev–Trinajstić information content (AvgIpc) is 3.34. The molecule has 0 atom stereocenters. The third kappa shape index (κ3) is 16.0. The zero-order valence-corrected chi connectivity index (χ0v) is 42.2. The van der Waals surface area contributed by atoms with Crippen LogP contribution in [0.4, 0.5) is 58.4 Å². The molecule has 0 unspecified atom stereocenters. The number of hydrogen-bond acceptors (Lipinski definition) is 32. The Morgan fingerprint density at radius 1 is 0.513 bits per heavy atom. The number of benzene rings is 4. The molecule has 6 aromatic rings. The number of aromatic nitrogens is 6. The van der Waals surface area contributed by atoms with Gasteiger partial charge in [0.05, 0.1) is 53.6 Å². The summed E-state index contributed by atoms with van der Waals surface area (Å²) in [5.74, 6) is -2.95. The molecule has 2 aromatic heterocycles. The van der Waals surface area contributed by atoms with Crippen LogP contribution in [0, 0.1) is 0 Å². The first-order valence-electron chi connectivity index (χ1n) is 20.0. The minimum absolute atomic E-state index is 0.00687. The monoisotopic (exact) mass is 1180 g/mol. The van der Waals surface area contributed by atoms with E-state index in [9.17, 15) is 72.5 Å². The van der Waals surface area contributed by atoms with Crippen molar-refractivity contribution >= 4 is 135 Å². The summed E-state index contributed by atoms with van der Waals surface area (Å²) >= 11 is 0.782. The summed E-state index contributed by atoms with van der Waals surface area (Å²) in [4.78, 5) is 22.3. The van der Waals surface area contributed by atoms with Crippen LogP contribution in [-0.4, -0.2) is 139 Å². The summed E-state index contributed by atoms with van der Waals surface area (Å²) in [6.45, 7) is -1.20. The molecular formula is C36H36N12O22S6. The zero-order valence-electron chi connectivity index (χ0n) is 37.3. The van der Waals surface area contributed by atoms with Crippen LogP contribution in [0.1, 0.15) is 11.1 Å². The van der Waals surface area contributed by atoms with Crippen molar-refractivity contribution in [2.24, 2.45) is 0 Å². The lowest BCUT2D eigenvalue weighted by atomic mass is 10.1. The van der Waals surface area contributed by atoms with Gasteiger partial charge in [-0.15, -0.1) is 8.67 Å². The molecule has 40 heteroatoms. The molecule has 0 saturated carbocycles. The van der Waals surface area contributed by atoms with E-state index in [0.29, 0.717) is 30.2 Å². The highest BCUT2D eigenvalue weighted by atomic mass is 32.2. The van der Waals surface area contributed by atoms with Gasteiger partial charge in [-0.3, -0.25) is 28.6 Å². The summed E-state index contributed by atoms with van der Waals surface area (Å²) in [6, 6.07) is 13.0. The smallest absolute Gasteiger partial charge is 0.296 e. The van der Waals surface area contributed by atoms with E-state index in [1.807, 2.05) is 0 Å². The van der Waals surface area contributed by atoms with E-state index in [4.69, 9.17) is 10.5 Å². The van der Waals surface area contributed by atoms with Crippen LogP contribution in [0.2, 0.25) is 0 Å². The summed E-state index contributed by atoms with van der Waals surface area (Å²) in [6.07, 6.45) is 2.56. The largest absolute Gasteiger partial charge is 0.395 e. The normalized spacial score (nSPS) is 12.2. The van der Waals surface area contributed by atoms with Gasteiger partial charge in [-0.2, -0.15) is 63.6 Å². The Labute approximate surface area is 435 Å². The van der Waals surface area contributed by atoms with Crippen LogP contribution in [0.5, 0.6) is 0 Å². The van der Waals surface area contributed by atoms with Gasteiger partial charge in [0.25, 0.3) is 46.4 Å². The van der Waals surface area contributed by atoms with Crippen molar-refractivity contribution < 1.29 is 102 Å². The van der Waals surface area contributed by atoms with Crippen molar-refractivity contribution in [2.45, 2.75) is 29.4 Å². The Kier molecular flexibility index (Phi) is 19.3. The molecule has 0 fully saturated rings. The first-order chi connectivity index (χ1) is 35.8. The van der Waals surface area contributed by atoms with E-state index >= 15 is 0 Å². The summed E-state index contributed by atoms with van der Waals surface area (Å²) in [5.41, 5.74) is -0.764. The molecule has 0 saturated heterocycles. The van der Waals surface area contributed by atoms with Crippen LogP contribution in [0.15, 0.2) is 102 Å². The van der Waals surface area contributed by atoms with Crippen molar-refractivity contribution in [3.8, 4) is 0 Å². The molecule has 0 radical (unpaired) electrons. The maximum Gasteiger partial charge on any atom is 0.296 e. The lowest BCUT2D eigenvalue weighted by Gasteiger charge is -2.22. The second-order valence-corrected chi connectivity index (χ2v) is 21.4. The molecule has 0 amide bonds. The van der Waals surface area contributed by atoms with E-state index in [2.05, 4.69) is 69.9 Å². The summed E-state index contributed by atoms with van der Waals surface area (Å²) in [5, 5.41) is 73.4. The maximum atomic E-state index is 12.7. The van der Waals surface area contributed by atoms with E-state index in [-0.39, 0.29) is 63.0 Å². The maximum absolute atomic E-state index is 12.7. The van der Waals surface area contributed by atoms with Gasteiger partial charge in [0.2, 0.25) is 29.7 Å². The van der Waals surface area contributed by atoms with Gasteiger partial charge in [-0.1, -0.05) is 39.6 Å². The predicted molar refractivity (Wildman–Crippen MR) is 260 cm³/mol. The lowest BCUT2D eigenvalue weighted by molar-refractivity contribution is -0.432. The van der Waals surface area contributed by atoms with Crippen LogP contribution in [-0.2, 0) is 59.2 Å². The quantitative estimate of drug-likeness (QED) is 0.0122. The van der Waals surface area contributed by atoms with Crippen molar-refractivity contribution in [3.63, 3.8) is 0 Å². The number of aliphatic hydroxyl groups excluding tert-OH is 2. The Balaban J connectivity index is 1.31. The highest BCUT2D eigenvalue weighted by Gasteiger charge is 2.24. The molecule has 0 aliphatic heterocycles. The predicted octanol–water partition coefficient (Wildman–Crippen LogP) is 3.42. The Morgan fingerprint density at radius 3 is 1.50 bits per heavy atom. The molecule has 76 heavy (non-hydrogen) atoms. The molecular weight excluding hydrogens is 1140 g/mol. The van der Waals surface area contributed by atoms with Crippen LogP contribution >= 0.6 is 24.1 Å². The molecule has 0 aliphatic rings. The Hall–Kier alpha value is -6.62. The molecule has 6 rings (SSSR count). The van der Waals surface area contributed by atoms with E-state index in [1.165, 1.54) is 53.5 Å². The lowest BCUT2D eigenvalue weighted by Crippen LogP contribution is -2.31. The number of nitrogens with zero attached hydrogens (tertiary/aromatic N) is 8. The average molecular weight is 1180 g/mol. The van der Waals surface area contributed by atoms with Gasteiger partial charge in [0.15, 0.2) is 0 Å². The molecule has 14 N–H and O–H groups in total. The van der Waals surface area contributed by atoms with Crippen molar-refractivity contribution in [1.29, 1.82) is 0 Å². The minimum Gasteiger partial charge on any atom is -0.395 e. The van der Waals surface area contributed by atoms with Crippen molar-refractivity contribution in [3.05, 3.63) is 83.9 Å². The first kappa shape index (κ1) is 58.6. The summed E-state index contributed by atoms with van der Waals surface area (Å²) in [7, 11) is -20.1. The summed E-state index contributed by atoms with van der Waals surface area (Å²) < 4.78 is 146. The van der Waals surface area contributed by atoms with Crippen molar-refractivity contribution in [1.82, 2.24) is 29.9 Å². The van der Waals surface area contributed by atoms with E-state index in [1.54, 1.807) is 0 Å². The fourth-order valence-corrected chi connectivity index (χ4v) is 9.79. The van der Waals surface area contributed by atoms with Crippen LogP contribution in [0.3, 0.4) is 0 Å². The minimum atomic E-state index is -5.17. The second-order valence-electron chi connectivity index (χ2n) is 14.3. The number of anilines is 10.